The SMILES string of the molecule is CCCC(c1nc2cc(N3CCC(c4cccc(O)c4)(N(C)C)CC3)ccc2c(=O)n1CC)N1CCNCC1. The Balaban J connectivity index is 1.47. The van der Waals surface area contributed by atoms with E-state index in [0.717, 1.165) is 87.5 Å². The van der Waals surface area contributed by atoms with Gasteiger partial charge in [0.2, 0.25) is 0 Å². The topological polar surface area (TPSA) is 76.9 Å². The van der Waals surface area contributed by atoms with Crippen LogP contribution in [0.1, 0.15) is 57.0 Å². The Hall–Kier alpha value is -2.94. The van der Waals surface area contributed by atoms with Crippen LogP contribution in [0.2, 0.25) is 0 Å². The van der Waals surface area contributed by atoms with Gasteiger partial charge in [0, 0.05) is 57.0 Å². The number of nitrogens with zero attached hydrogens (tertiary/aromatic N) is 5. The van der Waals surface area contributed by atoms with Crippen LogP contribution in [0.15, 0.2) is 47.3 Å². The van der Waals surface area contributed by atoms with Gasteiger partial charge in [-0.25, -0.2) is 4.98 Å². The van der Waals surface area contributed by atoms with Crippen molar-refractivity contribution < 1.29 is 5.11 Å². The third-order valence-electron chi connectivity index (χ3n) is 8.93. The van der Waals surface area contributed by atoms with Gasteiger partial charge < -0.3 is 15.3 Å². The third-order valence-corrected chi connectivity index (χ3v) is 8.93. The van der Waals surface area contributed by atoms with E-state index in [1.165, 1.54) is 0 Å². The lowest BCUT2D eigenvalue weighted by atomic mass is 9.79. The lowest BCUT2D eigenvalue weighted by molar-refractivity contribution is 0.115. The molecule has 0 aliphatic carbocycles. The van der Waals surface area contributed by atoms with Gasteiger partial charge in [-0.3, -0.25) is 19.2 Å². The van der Waals surface area contributed by atoms with Crippen molar-refractivity contribution in [3.8, 4) is 5.75 Å². The van der Waals surface area contributed by atoms with E-state index in [0.29, 0.717) is 17.7 Å². The zero-order chi connectivity index (χ0) is 27.6. The van der Waals surface area contributed by atoms with E-state index in [2.05, 4.69) is 59.2 Å². The predicted molar refractivity (Wildman–Crippen MR) is 159 cm³/mol. The molecule has 0 radical (unpaired) electrons. The van der Waals surface area contributed by atoms with Crippen molar-refractivity contribution >= 4 is 16.6 Å². The summed E-state index contributed by atoms with van der Waals surface area (Å²) in [7, 11) is 4.26. The van der Waals surface area contributed by atoms with E-state index in [4.69, 9.17) is 4.98 Å². The monoisotopic (exact) mass is 532 g/mol. The van der Waals surface area contributed by atoms with Crippen LogP contribution in [0.3, 0.4) is 0 Å². The molecule has 5 rings (SSSR count). The molecule has 3 aromatic rings. The molecule has 2 fully saturated rings. The summed E-state index contributed by atoms with van der Waals surface area (Å²) in [6.45, 7) is 10.6. The van der Waals surface area contributed by atoms with Crippen LogP contribution >= 0.6 is 0 Å². The van der Waals surface area contributed by atoms with Crippen LogP contribution < -0.4 is 15.8 Å². The van der Waals surface area contributed by atoms with E-state index >= 15 is 0 Å². The molecule has 210 valence electrons. The number of phenols is 1. The Labute approximate surface area is 232 Å². The highest BCUT2D eigenvalue weighted by atomic mass is 16.3. The summed E-state index contributed by atoms with van der Waals surface area (Å²) in [5.41, 5.74) is 3.02. The van der Waals surface area contributed by atoms with E-state index in [-0.39, 0.29) is 17.1 Å². The molecule has 2 saturated heterocycles. The van der Waals surface area contributed by atoms with Crippen molar-refractivity contribution in [1.29, 1.82) is 0 Å². The first-order valence-electron chi connectivity index (χ1n) is 14.6. The summed E-state index contributed by atoms with van der Waals surface area (Å²) in [4.78, 5) is 26.1. The number of piperidine rings is 1. The lowest BCUT2D eigenvalue weighted by Crippen LogP contribution is -2.50. The molecule has 1 atom stereocenters. The van der Waals surface area contributed by atoms with Crippen LogP contribution in [0.4, 0.5) is 5.69 Å². The summed E-state index contributed by atoms with van der Waals surface area (Å²) < 4.78 is 1.89. The van der Waals surface area contributed by atoms with Gasteiger partial charge in [-0.2, -0.15) is 0 Å². The molecule has 2 aliphatic heterocycles. The van der Waals surface area contributed by atoms with E-state index in [1.54, 1.807) is 6.07 Å². The minimum absolute atomic E-state index is 0.0643. The van der Waals surface area contributed by atoms with Gasteiger partial charge in [-0.1, -0.05) is 25.5 Å². The molecular weight excluding hydrogens is 488 g/mol. The smallest absolute Gasteiger partial charge is 0.261 e. The number of hydrogen-bond donors (Lipinski definition) is 2. The number of aromatic nitrogens is 2. The Morgan fingerprint density at radius 1 is 1.05 bits per heavy atom. The summed E-state index contributed by atoms with van der Waals surface area (Å²) in [6.07, 6.45) is 3.93. The van der Waals surface area contributed by atoms with Crippen molar-refractivity contribution in [2.75, 3.05) is 58.3 Å². The summed E-state index contributed by atoms with van der Waals surface area (Å²) in [5.74, 6) is 1.22. The Kier molecular flexibility index (Phi) is 8.26. The highest BCUT2D eigenvalue weighted by Gasteiger charge is 2.38. The highest BCUT2D eigenvalue weighted by Crippen LogP contribution is 2.40. The standard InChI is InChI=1S/C31H44N6O2/c1-5-8-28(36-19-15-32-16-20-36)29-33-27-22-24(11-12-26(27)30(39)37(29)6-2)35-17-13-31(14-18-35,34(3)4)23-9-7-10-25(38)21-23/h7,9-12,21-22,28,32,38H,5-6,8,13-20H2,1-4H3. The number of piperazine rings is 1. The van der Waals surface area contributed by atoms with E-state index in [1.807, 2.05) is 29.7 Å². The van der Waals surface area contributed by atoms with Crippen LogP contribution in [-0.4, -0.2) is 77.8 Å². The van der Waals surface area contributed by atoms with Gasteiger partial charge in [-0.05, 0) is 76.2 Å². The number of nitrogens with one attached hydrogen (secondary N) is 1. The van der Waals surface area contributed by atoms with E-state index < -0.39 is 0 Å². The molecule has 0 amide bonds. The van der Waals surface area contributed by atoms with Crippen LogP contribution in [0, 0.1) is 0 Å². The molecule has 39 heavy (non-hydrogen) atoms. The average Bonchev–Trinajstić information content (AvgIpc) is 2.96. The zero-order valence-corrected chi connectivity index (χ0v) is 24.0. The van der Waals surface area contributed by atoms with Crippen molar-refractivity contribution in [1.82, 2.24) is 24.7 Å². The quantitative estimate of drug-likeness (QED) is 0.455. The van der Waals surface area contributed by atoms with Gasteiger partial charge in [0.15, 0.2) is 0 Å². The van der Waals surface area contributed by atoms with Gasteiger partial charge in [0.25, 0.3) is 5.56 Å². The number of rotatable bonds is 8. The van der Waals surface area contributed by atoms with Crippen LogP contribution in [-0.2, 0) is 12.1 Å². The van der Waals surface area contributed by atoms with Crippen LogP contribution in [0.5, 0.6) is 5.75 Å². The Morgan fingerprint density at radius 3 is 2.44 bits per heavy atom. The summed E-state index contributed by atoms with van der Waals surface area (Å²) in [6, 6.07) is 14.0. The second-order valence-electron chi connectivity index (χ2n) is 11.3. The second-order valence-corrected chi connectivity index (χ2v) is 11.3. The molecule has 2 aliphatic rings. The molecule has 3 heterocycles. The molecule has 2 N–H and O–H groups in total. The van der Waals surface area contributed by atoms with Gasteiger partial charge in [0.1, 0.15) is 11.6 Å². The van der Waals surface area contributed by atoms with Crippen LogP contribution in [0.25, 0.3) is 10.9 Å². The first kappa shape index (κ1) is 27.6. The zero-order valence-electron chi connectivity index (χ0n) is 24.0. The Morgan fingerprint density at radius 2 is 1.79 bits per heavy atom. The first-order chi connectivity index (χ1) is 18.9. The Bertz CT molecular complexity index is 1340. The van der Waals surface area contributed by atoms with Crippen molar-refractivity contribution in [3.05, 3.63) is 64.2 Å². The van der Waals surface area contributed by atoms with Crippen molar-refractivity contribution in [3.63, 3.8) is 0 Å². The predicted octanol–water partition coefficient (Wildman–Crippen LogP) is 3.93. The van der Waals surface area contributed by atoms with E-state index in [9.17, 15) is 9.90 Å². The maximum Gasteiger partial charge on any atom is 0.261 e. The normalized spacial score (nSPS) is 19.1. The molecule has 0 spiro atoms. The number of aromatic hydroxyl groups is 1. The molecule has 8 nitrogen and oxygen atoms in total. The highest BCUT2D eigenvalue weighted by molar-refractivity contribution is 5.82. The molecule has 2 aromatic carbocycles. The van der Waals surface area contributed by atoms with Gasteiger partial charge in [-0.15, -0.1) is 0 Å². The minimum atomic E-state index is -0.122. The van der Waals surface area contributed by atoms with Gasteiger partial charge in [0.05, 0.1) is 16.9 Å². The number of phenolic OH excluding ortho intramolecular Hbond substituents is 1. The number of anilines is 1. The fourth-order valence-corrected chi connectivity index (χ4v) is 6.65. The number of fused-ring (bicyclic) bond motifs is 1. The molecule has 0 bridgehead atoms. The fraction of sp³-hybridized carbons (Fsp3) is 0.548. The number of benzene rings is 2. The number of hydrogen-bond acceptors (Lipinski definition) is 7. The average molecular weight is 533 g/mol. The third kappa shape index (κ3) is 5.30. The maximum absolute atomic E-state index is 13.7. The van der Waals surface area contributed by atoms with Crippen molar-refractivity contribution in [2.45, 2.75) is 57.7 Å². The molecule has 1 aromatic heterocycles. The first-order valence-corrected chi connectivity index (χ1v) is 14.6. The maximum atomic E-state index is 13.7. The van der Waals surface area contributed by atoms with Gasteiger partial charge >= 0.3 is 0 Å². The molecule has 1 unspecified atom stereocenters. The molecule has 0 saturated carbocycles. The lowest BCUT2D eigenvalue weighted by Gasteiger charge is -2.47. The molecular formula is C31H44N6O2. The molecule has 8 heteroatoms. The second kappa shape index (κ2) is 11.7. The summed E-state index contributed by atoms with van der Waals surface area (Å²) in [5, 5.41) is 14.3. The minimum Gasteiger partial charge on any atom is -0.508 e. The fourth-order valence-electron chi connectivity index (χ4n) is 6.65. The summed E-state index contributed by atoms with van der Waals surface area (Å²) >= 11 is 0. The largest absolute Gasteiger partial charge is 0.508 e. The van der Waals surface area contributed by atoms with Crippen molar-refractivity contribution in [2.24, 2.45) is 0 Å².